The van der Waals surface area contributed by atoms with Crippen LogP contribution < -0.4 is 11.1 Å². The molecule has 19 heavy (non-hydrogen) atoms. The Bertz CT molecular complexity index is 564. The fraction of sp³-hybridized carbons (Fsp3) is 0.364. The van der Waals surface area contributed by atoms with Crippen molar-refractivity contribution in [2.75, 3.05) is 5.32 Å². The molecule has 0 radical (unpaired) electrons. The fourth-order valence-electron chi connectivity index (χ4n) is 1.58. The SMILES string of the molecule is CCc1c(C)noc1NC(=O)c1coc(CN)n1.Cl. The number of carbonyl (C=O) groups excluding carboxylic acids is 1. The highest BCUT2D eigenvalue weighted by molar-refractivity contribution is 6.02. The van der Waals surface area contributed by atoms with Crippen LogP contribution in [0.1, 0.15) is 34.6 Å². The van der Waals surface area contributed by atoms with E-state index in [1.54, 1.807) is 0 Å². The zero-order valence-electron chi connectivity index (χ0n) is 10.6. The van der Waals surface area contributed by atoms with Gasteiger partial charge in [-0.15, -0.1) is 12.4 Å². The van der Waals surface area contributed by atoms with Crippen LogP contribution in [0.4, 0.5) is 5.88 Å². The summed E-state index contributed by atoms with van der Waals surface area (Å²) in [6.45, 7) is 3.92. The van der Waals surface area contributed by atoms with Crippen molar-refractivity contribution in [3.05, 3.63) is 29.1 Å². The summed E-state index contributed by atoms with van der Waals surface area (Å²) >= 11 is 0. The highest BCUT2D eigenvalue weighted by atomic mass is 35.5. The summed E-state index contributed by atoms with van der Waals surface area (Å²) in [6.07, 6.45) is 1.98. The molecule has 0 saturated heterocycles. The number of nitrogens with one attached hydrogen (secondary N) is 1. The van der Waals surface area contributed by atoms with Gasteiger partial charge in [-0.05, 0) is 13.3 Å². The van der Waals surface area contributed by atoms with E-state index >= 15 is 0 Å². The number of nitrogens with two attached hydrogens (primary N) is 1. The van der Waals surface area contributed by atoms with Crippen molar-refractivity contribution in [3.63, 3.8) is 0 Å². The molecule has 0 fully saturated rings. The Morgan fingerprint density at radius 3 is 2.84 bits per heavy atom. The van der Waals surface area contributed by atoms with E-state index in [1.807, 2.05) is 13.8 Å². The van der Waals surface area contributed by atoms with E-state index in [-0.39, 0.29) is 24.6 Å². The molecule has 0 atom stereocenters. The standard InChI is InChI=1S/C11H14N4O3.ClH/c1-3-7-6(2)15-18-11(7)14-10(16)8-5-17-9(4-12)13-8;/h5H,3-4,12H2,1-2H3,(H,14,16);1H. The van der Waals surface area contributed by atoms with Crippen LogP contribution >= 0.6 is 12.4 Å². The quantitative estimate of drug-likeness (QED) is 0.885. The Labute approximate surface area is 115 Å². The lowest BCUT2D eigenvalue weighted by Crippen LogP contribution is -2.13. The van der Waals surface area contributed by atoms with Gasteiger partial charge in [0.25, 0.3) is 5.91 Å². The first-order valence-electron chi connectivity index (χ1n) is 5.56. The number of aryl methyl sites for hydroxylation is 1. The van der Waals surface area contributed by atoms with Crippen molar-refractivity contribution in [1.82, 2.24) is 10.1 Å². The first-order valence-corrected chi connectivity index (χ1v) is 5.56. The number of hydrogen-bond donors (Lipinski definition) is 2. The minimum absolute atomic E-state index is 0. The molecule has 0 aliphatic heterocycles. The monoisotopic (exact) mass is 286 g/mol. The van der Waals surface area contributed by atoms with Crippen LogP contribution in [0.2, 0.25) is 0 Å². The molecule has 0 unspecified atom stereocenters. The van der Waals surface area contributed by atoms with Crippen LogP contribution in [-0.4, -0.2) is 16.0 Å². The third-order valence-corrected chi connectivity index (χ3v) is 2.52. The minimum Gasteiger partial charge on any atom is -0.447 e. The number of carbonyl (C=O) groups is 1. The summed E-state index contributed by atoms with van der Waals surface area (Å²) in [7, 11) is 0. The van der Waals surface area contributed by atoms with Crippen molar-refractivity contribution in [1.29, 1.82) is 0 Å². The van der Waals surface area contributed by atoms with Gasteiger partial charge in [0.05, 0.1) is 12.2 Å². The van der Waals surface area contributed by atoms with Crippen LogP contribution in [0.25, 0.3) is 0 Å². The molecule has 2 aromatic rings. The maximum absolute atomic E-state index is 11.9. The van der Waals surface area contributed by atoms with Crippen LogP contribution in [0.5, 0.6) is 0 Å². The number of aromatic nitrogens is 2. The third kappa shape index (κ3) is 3.12. The predicted octanol–water partition coefficient (Wildman–Crippen LogP) is 1.67. The Balaban J connectivity index is 0.00000180. The number of amides is 1. The van der Waals surface area contributed by atoms with E-state index in [9.17, 15) is 4.79 Å². The lowest BCUT2D eigenvalue weighted by molar-refractivity contribution is 0.101. The highest BCUT2D eigenvalue weighted by Crippen LogP contribution is 2.20. The summed E-state index contributed by atoms with van der Waals surface area (Å²) < 4.78 is 10.0. The van der Waals surface area contributed by atoms with E-state index in [2.05, 4.69) is 15.5 Å². The van der Waals surface area contributed by atoms with Crippen LogP contribution in [0.3, 0.4) is 0 Å². The second kappa shape index (κ2) is 6.35. The molecule has 0 bridgehead atoms. The fourth-order valence-corrected chi connectivity index (χ4v) is 1.58. The molecule has 8 heteroatoms. The molecule has 0 aliphatic rings. The maximum Gasteiger partial charge on any atom is 0.280 e. The van der Waals surface area contributed by atoms with E-state index in [1.165, 1.54) is 6.26 Å². The van der Waals surface area contributed by atoms with Gasteiger partial charge in [-0.25, -0.2) is 4.98 Å². The Hall–Kier alpha value is -1.86. The Kier molecular flexibility index (Phi) is 5.08. The van der Waals surface area contributed by atoms with Gasteiger partial charge in [0, 0.05) is 5.56 Å². The molecule has 7 nitrogen and oxygen atoms in total. The Morgan fingerprint density at radius 1 is 1.53 bits per heavy atom. The lowest BCUT2D eigenvalue weighted by Gasteiger charge is -1.99. The predicted molar refractivity (Wildman–Crippen MR) is 70.2 cm³/mol. The molecular weight excluding hydrogens is 272 g/mol. The largest absolute Gasteiger partial charge is 0.447 e. The minimum atomic E-state index is -0.413. The first-order chi connectivity index (χ1) is 8.65. The molecule has 3 N–H and O–H groups in total. The van der Waals surface area contributed by atoms with Crippen molar-refractivity contribution < 1.29 is 13.7 Å². The topological polar surface area (TPSA) is 107 Å². The van der Waals surface area contributed by atoms with Gasteiger partial charge in [0.15, 0.2) is 5.69 Å². The summed E-state index contributed by atoms with van der Waals surface area (Å²) in [5, 5.41) is 6.41. The average molecular weight is 287 g/mol. The number of oxazole rings is 1. The lowest BCUT2D eigenvalue weighted by atomic mass is 10.2. The molecule has 2 rings (SSSR count). The number of anilines is 1. The zero-order valence-corrected chi connectivity index (χ0v) is 11.4. The molecule has 0 aliphatic carbocycles. The molecule has 2 heterocycles. The van der Waals surface area contributed by atoms with Crippen LogP contribution in [0, 0.1) is 6.92 Å². The second-order valence-electron chi connectivity index (χ2n) is 3.71. The van der Waals surface area contributed by atoms with E-state index in [0.717, 1.165) is 17.7 Å². The molecule has 0 aromatic carbocycles. The second-order valence-corrected chi connectivity index (χ2v) is 3.71. The molecule has 1 amide bonds. The molecule has 0 spiro atoms. The van der Waals surface area contributed by atoms with Gasteiger partial charge in [0.2, 0.25) is 11.8 Å². The van der Waals surface area contributed by atoms with E-state index < -0.39 is 5.91 Å². The van der Waals surface area contributed by atoms with Crippen LogP contribution in [0.15, 0.2) is 15.2 Å². The smallest absolute Gasteiger partial charge is 0.280 e. The van der Waals surface area contributed by atoms with Crippen molar-refractivity contribution >= 4 is 24.2 Å². The number of rotatable bonds is 4. The third-order valence-electron chi connectivity index (χ3n) is 2.52. The van der Waals surface area contributed by atoms with Gasteiger partial charge < -0.3 is 14.7 Å². The summed E-state index contributed by atoms with van der Waals surface area (Å²) in [6, 6.07) is 0. The summed E-state index contributed by atoms with van der Waals surface area (Å²) in [5.74, 6) is 0.242. The van der Waals surface area contributed by atoms with Crippen molar-refractivity contribution in [2.45, 2.75) is 26.8 Å². The average Bonchev–Trinajstić information content (AvgIpc) is 2.96. The summed E-state index contributed by atoms with van der Waals surface area (Å²) in [5.41, 5.74) is 7.13. The Morgan fingerprint density at radius 2 is 2.26 bits per heavy atom. The number of hydrogen-bond acceptors (Lipinski definition) is 6. The highest BCUT2D eigenvalue weighted by Gasteiger charge is 2.17. The summed E-state index contributed by atoms with van der Waals surface area (Å²) in [4.78, 5) is 15.8. The normalized spacial score (nSPS) is 10.1. The molecular formula is C11H15ClN4O3. The molecule has 0 saturated carbocycles. The van der Waals surface area contributed by atoms with Crippen LogP contribution in [-0.2, 0) is 13.0 Å². The van der Waals surface area contributed by atoms with E-state index in [0.29, 0.717) is 11.8 Å². The van der Waals surface area contributed by atoms with Gasteiger partial charge in [-0.2, -0.15) is 0 Å². The van der Waals surface area contributed by atoms with Gasteiger partial charge in [-0.1, -0.05) is 12.1 Å². The number of nitrogens with zero attached hydrogens (tertiary/aromatic N) is 2. The van der Waals surface area contributed by atoms with Gasteiger partial charge >= 0.3 is 0 Å². The molecule has 104 valence electrons. The van der Waals surface area contributed by atoms with Crippen molar-refractivity contribution in [3.8, 4) is 0 Å². The zero-order chi connectivity index (χ0) is 13.1. The van der Waals surface area contributed by atoms with Crippen molar-refractivity contribution in [2.24, 2.45) is 5.73 Å². The van der Waals surface area contributed by atoms with E-state index in [4.69, 9.17) is 14.7 Å². The van der Waals surface area contributed by atoms with Gasteiger partial charge in [-0.3, -0.25) is 10.1 Å². The number of halogens is 1. The maximum atomic E-state index is 11.9. The molecule has 2 aromatic heterocycles. The first kappa shape index (κ1) is 15.2. The van der Waals surface area contributed by atoms with Gasteiger partial charge in [0.1, 0.15) is 6.26 Å².